The lowest BCUT2D eigenvalue weighted by Gasteiger charge is -2.26. The Labute approximate surface area is 156 Å². The number of hydrogen-bond acceptors (Lipinski definition) is 4. The summed E-state index contributed by atoms with van der Waals surface area (Å²) in [6.07, 6.45) is 2.85. The van der Waals surface area contributed by atoms with Crippen LogP contribution in [-0.4, -0.2) is 51.4 Å². The maximum Gasteiger partial charge on any atom is 0.251 e. The van der Waals surface area contributed by atoms with Gasteiger partial charge in [-0.3, -0.25) is 4.79 Å². The number of aryl methyl sites for hydroxylation is 1. The zero-order valence-electron chi connectivity index (χ0n) is 14.9. The number of nitrogens with zero attached hydrogens (tertiary/aromatic N) is 1. The monoisotopic (exact) mass is 389 g/mol. The van der Waals surface area contributed by atoms with Crippen LogP contribution in [-0.2, 0) is 10.0 Å². The quantitative estimate of drug-likeness (QED) is 0.698. The van der Waals surface area contributed by atoms with Gasteiger partial charge in [0.2, 0.25) is 10.0 Å². The van der Waals surface area contributed by atoms with E-state index in [1.165, 1.54) is 10.4 Å². The number of rotatable bonds is 7. The van der Waals surface area contributed by atoms with Crippen LogP contribution in [0.25, 0.3) is 0 Å². The summed E-state index contributed by atoms with van der Waals surface area (Å²) in [6, 6.07) is 4.88. The van der Waals surface area contributed by atoms with Crippen LogP contribution in [0.2, 0.25) is 0 Å². The third-order valence-corrected chi connectivity index (χ3v) is 6.26. The van der Waals surface area contributed by atoms with Gasteiger partial charge in [0.25, 0.3) is 5.91 Å². The number of benzene rings is 1. The summed E-state index contributed by atoms with van der Waals surface area (Å²) in [5.74, 6) is -0.247. The Kier molecular flexibility index (Phi) is 8.85. The van der Waals surface area contributed by atoms with Crippen LogP contribution in [0, 0.1) is 6.92 Å². The van der Waals surface area contributed by atoms with Gasteiger partial charge in [-0.15, -0.1) is 12.4 Å². The number of amides is 1. The third kappa shape index (κ3) is 5.67. The maximum atomic E-state index is 12.9. The van der Waals surface area contributed by atoms with Gasteiger partial charge in [0, 0.05) is 31.7 Å². The first kappa shape index (κ1) is 21.9. The molecule has 1 amide bonds. The molecule has 0 atom stereocenters. The van der Waals surface area contributed by atoms with Crippen molar-refractivity contribution in [2.45, 2.75) is 38.0 Å². The van der Waals surface area contributed by atoms with Gasteiger partial charge in [0.05, 0.1) is 4.90 Å². The first-order chi connectivity index (χ1) is 11.5. The van der Waals surface area contributed by atoms with E-state index in [0.717, 1.165) is 25.8 Å². The summed E-state index contributed by atoms with van der Waals surface area (Å²) in [4.78, 5) is 12.5. The molecule has 1 saturated heterocycles. The second-order valence-corrected chi connectivity index (χ2v) is 7.96. The summed E-state index contributed by atoms with van der Waals surface area (Å²) in [7, 11) is -3.54. The number of carbonyl (C=O) groups excluding carboxylic acids is 1. The highest BCUT2D eigenvalue weighted by molar-refractivity contribution is 7.89. The van der Waals surface area contributed by atoms with E-state index in [1.807, 2.05) is 6.92 Å². The lowest BCUT2D eigenvalue weighted by Crippen LogP contribution is -2.36. The molecular formula is C17H28ClN3O3S. The van der Waals surface area contributed by atoms with E-state index in [1.54, 1.807) is 19.1 Å². The smallest absolute Gasteiger partial charge is 0.251 e. The fourth-order valence-electron chi connectivity index (χ4n) is 2.81. The maximum absolute atomic E-state index is 12.9. The average Bonchev–Trinajstić information content (AvgIpc) is 2.59. The van der Waals surface area contributed by atoms with Gasteiger partial charge >= 0.3 is 0 Å². The molecule has 8 heteroatoms. The van der Waals surface area contributed by atoms with Gasteiger partial charge in [0.15, 0.2) is 0 Å². The van der Waals surface area contributed by atoms with E-state index in [2.05, 4.69) is 10.6 Å². The SMILES string of the molecule is CCNCCNC(=O)c1ccc(C)c(S(=O)(=O)N2CCCCC2)c1.Cl. The number of hydrogen-bond donors (Lipinski definition) is 2. The fourth-order valence-corrected chi connectivity index (χ4v) is 4.57. The minimum Gasteiger partial charge on any atom is -0.351 e. The highest BCUT2D eigenvalue weighted by Crippen LogP contribution is 2.24. The Morgan fingerprint density at radius 3 is 2.48 bits per heavy atom. The van der Waals surface area contributed by atoms with Crippen molar-refractivity contribution in [3.8, 4) is 0 Å². The number of nitrogens with one attached hydrogen (secondary N) is 2. The van der Waals surface area contributed by atoms with Gasteiger partial charge in [0.1, 0.15) is 0 Å². The Hall–Kier alpha value is -1.15. The van der Waals surface area contributed by atoms with Crippen molar-refractivity contribution in [3.63, 3.8) is 0 Å². The van der Waals surface area contributed by atoms with Crippen LogP contribution >= 0.6 is 12.4 Å². The Morgan fingerprint density at radius 1 is 1.16 bits per heavy atom. The highest BCUT2D eigenvalue weighted by Gasteiger charge is 2.28. The molecule has 0 aromatic heterocycles. The van der Waals surface area contributed by atoms with Crippen LogP contribution in [0.1, 0.15) is 42.1 Å². The van der Waals surface area contributed by atoms with Crippen LogP contribution in [0.5, 0.6) is 0 Å². The van der Waals surface area contributed by atoms with Gasteiger partial charge in [-0.2, -0.15) is 4.31 Å². The molecule has 0 saturated carbocycles. The van der Waals surface area contributed by atoms with E-state index in [0.29, 0.717) is 37.3 Å². The molecule has 1 fully saturated rings. The summed E-state index contributed by atoms with van der Waals surface area (Å²) in [6.45, 7) is 6.92. The number of halogens is 1. The molecule has 1 aliphatic heterocycles. The topological polar surface area (TPSA) is 78.5 Å². The van der Waals surface area contributed by atoms with Crippen molar-refractivity contribution in [2.75, 3.05) is 32.7 Å². The van der Waals surface area contributed by atoms with Crippen molar-refractivity contribution in [3.05, 3.63) is 29.3 Å². The summed E-state index contributed by atoms with van der Waals surface area (Å²) < 4.78 is 27.3. The minimum absolute atomic E-state index is 0. The molecule has 1 aromatic carbocycles. The molecule has 0 bridgehead atoms. The Bertz CT molecular complexity index is 674. The second-order valence-electron chi connectivity index (χ2n) is 6.05. The van der Waals surface area contributed by atoms with E-state index < -0.39 is 10.0 Å². The molecule has 1 aliphatic rings. The second kappa shape index (κ2) is 10.1. The predicted octanol–water partition coefficient (Wildman–Crippen LogP) is 1.93. The zero-order valence-corrected chi connectivity index (χ0v) is 16.5. The minimum atomic E-state index is -3.54. The molecule has 0 spiro atoms. The zero-order chi connectivity index (χ0) is 17.6. The molecule has 1 heterocycles. The molecule has 25 heavy (non-hydrogen) atoms. The molecule has 0 radical (unpaired) electrons. The summed E-state index contributed by atoms with van der Waals surface area (Å²) >= 11 is 0. The number of likely N-dealkylation sites (N-methyl/N-ethyl adjacent to an activating group) is 1. The van der Waals surface area contributed by atoms with E-state index >= 15 is 0 Å². The molecular weight excluding hydrogens is 362 g/mol. The molecule has 2 rings (SSSR count). The Morgan fingerprint density at radius 2 is 1.84 bits per heavy atom. The Balaban J connectivity index is 0.00000312. The first-order valence-corrected chi connectivity index (χ1v) is 10.0. The molecule has 142 valence electrons. The van der Waals surface area contributed by atoms with Crippen LogP contribution < -0.4 is 10.6 Å². The van der Waals surface area contributed by atoms with E-state index in [4.69, 9.17) is 0 Å². The normalized spacial score (nSPS) is 15.4. The molecule has 6 nitrogen and oxygen atoms in total. The molecule has 2 N–H and O–H groups in total. The average molecular weight is 390 g/mol. The number of sulfonamides is 1. The third-order valence-electron chi connectivity index (χ3n) is 4.22. The van der Waals surface area contributed by atoms with Crippen LogP contribution in [0.15, 0.2) is 23.1 Å². The van der Waals surface area contributed by atoms with Gasteiger partial charge in [-0.25, -0.2) is 8.42 Å². The van der Waals surface area contributed by atoms with Crippen molar-refractivity contribution >= 4 is 28.3 Å². The first-order valence-electron chi connectivity index (χ1n) is 8.56. The lowest BCUT2D eigenvalue weighted by molar-refractivity contribution is 0.0953. The van der Waals surface area contributed by atoms with Gasteiger partial charge in [-0.05, 0) is 44.0 Å². The van der Waals surface area contributed by atoms with Crippen LogP contribution in [0.3, 0.4) is 0 Å². The van der Waals surface area contributed by atoms with E-state index in [9.17, 15) is 13.2 Å². The summed E-state index contributed by atoms with van der Waals surface area (Å²) in [5.41, 5.74) is 1.05. The molecule has 1 aromatic rings. The van der Waals surface area contributed by atoms with Crippen LogP contribution in [0.4, 0.5) is 0 Å². The molecule has 0 aliphatic carbocycles. The highest BCUT2D eigenvalue weighted by atomic mass is 35.5. The van der Waals surface area contributed by atoms with Crippen molar-refractivity contribution in [1.29, 1.82) is 0 Å². The number of carbonyl (C=O) groups is 1. The molecule has 0 unspecified atom stereocenters. The van der Waals surface area contributed by atoms with Crippen molar-refractivity contribution in [2.24, 2.45) is 0 Å². The van der Waals surface area contributed by atoms with Crippen molar-refractivity contribution < 1.29 is 13.2 Å². The fraction of sp³-hybridized carbons (Fsp3) is 0.588. The lowest BCUT2D eigenvalue weighted by atomic mass is 10.1. The number of piperidine rings is 1. The largest absolute Gasteiger partial charge is 0.351 e. The van der Waals surface area contributed by atoms with Crippen molar-refractivity contribution in [1.82, 2.24) is 14.9 Å². The predicted molar refractivity (Wildman–Crippen MR) is 102 cm³/mol. The standard InChI is InChI=1S/C17H27N3O3S.ClH/c1-3-18-9-10-19-17(21)15-8-7-14(2)16(13-15)24(22,23)20-11-5-4-6-12-20;/h7-8,13,18H,3-6,9-12H2,1-2H3,(H,19,21);1H. The van der Waals surface area contributed by atoms with Gasteiger partial charge < -0.3 is 10.6 Å². The van der Waals surface area contributed by atoms with Gasteiger partial charge in [-0.1, -0.05) is 19.4 Å². The summed E-state index contributed by atoms with van der Waals surface area (Å²) in [5, 5.41) is 5.93. The van der Waals surface area contributed by atoms with E-state index in [-0.39, 0.29) is 23.2 Å².